The van der Waals surface area contributed by atoms with Crippen LogP contribution in [0.5, 0.6) is 5.75 Å². The number of benzene rings is 1. The van der Waals surface area contributed by atoms with Gasteiger partial charge in [-0.1, -0.05) is 19.4 Å². The number of amides is 2. The fraction of sp³-hybridized carbons (Fsp3) is 0.500. The molecule has 1 unspecified atom stereocenters. The summed E-state index contributed by atoms with van der Waals surface area (Å²) in [4.78, 5) is 41.8. The minimum absolute atomic E-state index is 0.0781. The molecule has 2 aliphatic rings. The summed E-state index contributed by atoms with van der Waals surface area (Å²) in [5.41, 5.74) is -1.30. The van der Waals surface area contributed by atoms with Gasteiger partial charge >= 0.3 is 0 Å². The second kappa shape index (κ2) is 10.8. The van der Waals surface area contributed by atoms with Crippen LogP contribution in [0.15, 0.2) is 29.2 Å². The first-order valence-electron chi connectivity index (χ1n) is 12.3. The van der Waals surface area contributed by atoms with Crippen molar-refractivity contribution < 1.29 is 27.8 Å². The largest absolute Gasteiger partial charge is 0.487 e. The van der Waals surface area contributed by atoms with Crippen LogP contribution in [0.4, 0.5) is 8.78 Å². The molecule has 1 spiro atoms. The monoisotopic (exact) mass is 503 g/mol. The van der Waals surface area contributed by atoms with Crippen molar-refractivity contribution in [2.75, 3.05) is 26.4 Å². The average molecular weight is 504 g/mol. The molecule has 2 amide bonds. The van der Waals surface area contributed by atoms with Crippen LogP contribution in [-0.4, -0.2) is 53.2 Å². The standard InChI is InChI=1S/C26H31F2N3O5/c1-3-5-11-36-23-21-25(34)31(4-2)26(9-6-10-35-16-26)15-30(21)14-19(22(23)32)24(33)29-13-17-7-8-18(27)12-20(17)28/h7-8,12,14H,3-6,9-11,13,15-16H2,1-2H3,(H,29,33). The van der Waals surface area contributed by atoms with Crippen molar-refractivity contribution in [1.29, 1.82) is 0 Å². The Balaban J connectivity index is 1.72. The maximum absolute atomic E-state index is 14.0. The number of nitrogens with zero attached hydrogens (tertiary/aromatic N) is 2. The van der Waals surface area contributed by atoms with E-state index in [0.29, 0.717) is 32.7 Å². The smallest absolute Gasteiger partial charge is 0.275 e. The van der Waals surface area contributed by atoms with Gasteiger partial charge in [-0.2, -0.15) is 0 Å². The lowest BCUT2D eigenvalue weighted by atomic mass is 9.87. The van der Waals surface area contributed by atoms with Gasteiger partial charge in [-0.15, -0.1) is 0 Å². The van der Waals surface area contributed by atoms with Crippen molar-refractivity contribution in [3.63, 3.8) is 0 Å². The summed E-state index contributed by atoms with van der Waals surface area (Å²) < 4.78 is 40.4. The van der Waals surface area contributed by atoms with E-state index in [9.17, 15) is 23.2 Å². The van der Waals surface area contributed by atoms with Gasteiger partial charge in [0.05, 0.1) is 18.8 Å². The third-order valence-electron chi connectivity index (χ3n) is 6.78. The maximum Gasteiger partial charge on any atom is 0.275 e. The number of hydrogen-bond acceptors (Lipinski definition) is 5. The number of unbranched alkanes of at least 4 members (excludes halogenated alkanes) is 1. The van der Waals surface area contributed by atoms with Crippen molar-refractivity contribution in [3.8, 4) is 5.75 Å². The van der Waals surface area contributed by atoms with Crippen LogP contribution in [0.25, 0.3) is 0 Å². The van der Waals surface area contributed by atoms with E-state index >= 15 is 0 Å². The van der Waals surface area contributed by atoms with Gasteiger partial charge in [0, 0.05) is 44.1 Å². The normalized spacial score (nSPS) is 19.3. The summed E-state index contributed by atoms with van der Waals surface area (Å²) in [6.07, 6.45) is 4.39. The third-order valence-corrected chi connectivity index (χ3v) is 6.78. The molecule has 1 saturated heterocycles. The molecule has 194 valence electrons. The molecule has 0 radical (unpaired) electrons. The first-order chi connectivity index (χ1) is 17.3. The van der Waals surface area contributed by atoms with Crippen LogP contribution in [0.1, 0.15) is 65.9 Å². The molecule has 2 aliphatic heterocycles. The first kappa shape index (κ1) is 25.8. The van der Waals surface area contributed by atoms with Crippen molar-refractivity contribution in [3.05, 3.63) is 63.1 Å². The zero-order valence-corrected chi connectivity index (χ0v) is 20.6. The molecular formula is C26H31F2N3O5. The minimum atomic E-state index is -0.800. The fourth-order valence-electron chi connectivity index (χ4n) is 4.93. The lowest BCUT2D eigenvalue weighted by Gasteiger charge is -2.49. The van der Waals surface area contributed by atoms with Crippen molar-refractivity contribution >= 4 is 11.8 Å². The maximum atomic E-state index is 14.0. The second-order valence-corrected chi connectivity index (χ2v) is 9.23. The number of aromatic nitrogens is 1. The van der Waals surface area contributed by atoms with E-state index in [1.807, 2.05) is 13.8 Å². The molecule has 10 heteroatoms. The molecule has 2 aromatic rings. The van der Waals surface area contributed by atoms with Crippen LogP contribution < -0.4 is 15.5 Å². The molecule has 1 N–H and O–H groups in total. The van der Waals surface area contributed by atoms with Crippen molar-refractivity contribution in [1.82, 2.24) is 14.8 Å². The highest BCUT2D eigenvalue weighted by atomic mass is 19.1. The number of fused-ring (bicyclic) bond motifs is 1. The van der Waals surface area contributed by atoms with E-state index in [2.05, 4.69) is 5.32 Å². The van der Waals surface area contributed by atoms with E-state index in [0.717, 1.165) is 31.4 Å². The fourth-order valence-corrected chi connectivity index (χ4v) is 4.93. The van der Waals surface area contributed by atoms with Gasteiger partial charge in [-0.3, -0.25) is 14.4 Å². The highest BCUT2D eigenvalue weighted by molar-refractivity contribution is 5.99. The highest BCUT2D eigenvalue weighted by Crippen LogP contribution is 2.35. The number of pyridine rings is 1. The summed E-state index contributed by atoms with van der Waals surface area (Å²) in [6, 6.07) is 3.05. The quantitative estimate of drug-likeness (QED) is 0.559. The molecule has 1 fully saturated rings. The Hall–Kier alpha value is -3.27. The van der Waals surface area contributed by atoms with E-state index in [1.54, 1.807) is 9.47 Å². The SMILES string of the molecule is CCCCOc1c2n(cc(C(=O)NCc3ccc(F)cc3F)c1=O)CC1(CCCOC1)N(CC)C2=O. The molecule has 36 heavy (non-hydrogen) atoms. The number of likely N-dealkylation sites (N-methyl/N-ethyl adjacent to an activating group) is 1. The molecule has 1 atom stereocenters. The van der Waals surface area contributed by atoms with Gasteiger partial charge in [0.1, 0.15) is 17.2 Å². The second-order valence-electron chi connectivity index (χ2n) is 9.23. The summed E-state index contributed by atoms with van der Waals surface area (Å²) in [7, 11) is 0. The Morgan fingerprint density at radius 2 is 2.06 bits per heavy atom. The topological polar surface area (TPSA) is 89.9 Å². The van der Waals surface area contributed by atoms with Crippen LogP contribution in [0.3, 0.4) is 0 Å². The molecule has 0 bridgehead atoms. The Labute approximate surface area is 208 Å². The number of carbonyl (C=O) groups is 2. The Kier molecular flexibility index (Phi) is 7.73. The molecule has 0 aliphatic carbocycles. The summed E-state index contributed by atoms with van der Waals surface area (Å²) in [6.45, 7) is 5.60. The lowest BCUT2D eigenvalue weighted by molar-refractivity contribution is -0.0527. The van der Waals surface area contributed by atoms with Gasteiger partial charge in [0.2, 0.25) is 5.43 Å². The van der Waals surface area contributed by atoms with Gasteiger partial charge in [0.25, 0.3) is 11.8 Å². The van der Waals surface area contributed by atoms with Crippen molar-refractivity contribution in [2.45, 2.75) is 58.2 Å². The van der Waals surface area contributed by atoms with Crippen molar-refractivity contribution in [2.24, 2.45) is 0 Å². The molecule has 0 saturated carbocycles. The third kappa shape index (κ3) is 4.86. The van der Waals surface area contributed by atoms with Gasteiger partial charge in [-0.05, 0) is 32.3 Å². The van der Waals surface area contributed by atoms with Crippen LogP contribution >= 0.6 is 0 Å². The Morgan fingerprint density at radius 3 is 2.72 bits per heavy atom. The molecule has 8 nitrogen and oxygen atoms in total. The minimum Gasteiger partial charge on any atom is -0.487 e. The van der Waals surface area contributed by atoms with Gasteiger partial charge in [-0.25, -0.2) is 8.78 Å². The van der Waals surface area contributed by atoms with E-state index in [1.165, 1.54) is 12.3 Å². The number of nitrogens with one attached hydrogen (secondary N) is 1. The zero-order chi connectivity index (χ0) is 25.9. The van der Waals surface area contributed by atoms with E-state index in [-0.39, 0.29) is 41.6 Å². The Morgan fingerprint density at radius 1 is 1.25 bits per heavy atom. The lowest BCUT2D eigenvalue weighted by Crippen LogP contribution is -2.62. The zero-order valence-electron chi connectivity index (χ0n) is 20.6. The predicted molar refractivity (Wildman–Crippen MR) is 128 cm³/mol. The molecule has 1 aromatic heterocycles. The average Bonchev–Trinajstić information content (AvgIpc) is 2.85. The summed E-state index contributed by atoms with van der Waals surface area (Å²) in [5, 5.41) is 2.53. The number of carbonyl (C=O) groups excluding carboxylic acids is 2. The molecule has 4 rings (SSSR count). The van der Waals surface area contributed by atoms with Crippen LogP contribution in [0.2, 0.25) is 0 Å². The highest BCUT2D eigenvalue weighted by Gasteiger charge is 2.47. The Bertz CT molecular complexity index is 1210. The van der Waals surface area contributed by atoms with Gasteiger partial charge < -0.3 is 24.3 Å². The molecule has 3 heterocycles. The van der Waals surface area contributed by atoms with E-state index in [4.69, 9.17) is 9.47 Å². The number of halogens is 2. The van der Waals surface area contributed by atoms with Gasteiger partial charge in [0.15, 0.2) is 11.4 Å². The van der Waals surface area contributed by atoms with E-state index < -0.39 is 28.5 Å². The summed E-state index contributed by atoms with van der Waals surface area (Å²) >= 11 is 0. The first-order valence-corrected chi connectivity index (χ1v) is 12.3. The van der Waals surface area contributed by atoms with Crippen LogP contribution in [0, 0.1) is 11.6 Å². The summed E-state index contributed by atoms with van der Waals surface area (Å²) in [5.74, 6) is -2.75. The predicted octanol–water partition coefficient (Wildman–Crippen LogP) is 3.26. The number of rotatable bonds is 8. The van der Waals surface area contributed by atoms with Crippen LogP contribution in [-0.2, 0) is 17.8 Å². The number of hydrogen-bond donors (Lipinski definition) is 1. The molecular weight excluding hydrogens is 472 g/mol. The number of ether oxygens (including phenoxy) is 2. The molecule has 1 aromatic carbocycles.